The van der Waals surface area contributed by atoms with Crippen molar-refractivity contribution in [1.82, 2.24) is 4.98 Å². The molecule has 1 aliphatic rings. The summed E-state index contributed by atoms with van der Waals surface area (Å²) in [5.41, 5.74) is 5.89. The maximum absolute atomic E-state index is 12.5. The van der Waals surface area contributed by atoms with Gasteiger partial charge < -0.3 is 4.98 Å². The summed E-state index contributed by atoms with van der Waals surface area (Å²) in [6.07, 6.45) is 4.99. The Morgan fingerprint density at radius 3 is 2.48 bits per heavy atom. The molecule has 2 heteroatoms. The topological polar surface area (TPSA) is 32.9 Å². The number of aromatic amines is 1. The van der Waals surface area contributed by atoms with Crippen LogP contribution < -0.4 is 5.43 Å². The van der Waals surface area contributed by atoms with E-state index in [1.165, 1.54) is 52.8 Å². The molecule has 1 aliphatic carbocycles. The fourth-order valence-corrected chi connectivity index (χ4v) is 4.92. The molecular formula is C27H21NO. The lowest BCUT2D eigenvalue weighted by Crippen LogP contribution is -2.03. The normalized spacial score (nSPS) is 13.8. The number of aromatic nitrogens is 1. The van der Waals surface area contributed by atoms with Gasteiger partial charge in [-0.1, -0.05) is 48.5 Å². The first-order valence-electron chi connectivity index (χ1n) is 10.4. The van der Waals surface area contributed by atoms with Gasteiger partial charge in [-0.3, -0.25) is 4.79 Å². The van der Waals surface area contributed by atoms with Gasteiger partial charge >= 0.3 is 0 Å². The van der Waals surface area contributed by atoms with Crippen molar-refractivity contribution in [2.45, 2.75) is 25.7 Å². The van der Waals surface area contributed by atoms with E-state index in [4.69, 9.17) is 0 Å². The second-order valence-electron chi connectivity index (χ2n) is 8.10. The minimum absolute atomic E-state index is 0.0552. The Balaban J connectivity index is 1.55. The molecule has 140 valence electrons. The Morgan fingerprint density at radius 2 is 1.52 bits per heavy atom. The van der Waals surface area contributed by atoms with Gasteiger partial charge in [0.2, 0.25) is 0 Å². The summed E-state index contributed by atoms with van der Waals surface area (Å²) < 4.78 is 0. The molecule has 0 unspecified atom stereocenters. The highest BCUT2D eigenvalue weighted by molar-refractivity contribution is 6.09. The van der Waals surface area contributed by atoms with E-state index in [-0.39, 0.29) is 5.43 Å². The van der Waals surface area contributed by atoms with Gasteiger partial charge in [0, 0.05) is 22.7 Å². The third-order valence-corrected chi connectivity index (χ3v) is 6.40. The molecule has 0 amide bonds. The van der Waals surface area contributed by atoms with Gasteiger partial charge in [-0.25, -0.2) is 0 Å². The first kappa shape index (κ1) is 16.6. The Morgan fingerprint density at radius 1 is 0.690 bits per heavy atom. The standard InChI is InChI=1S/C27H21NO/c29-27-16-26(28-25-8-4-3-7-24(25)27)19-11-12-21-18(15-19)10-14-22-20-6-2-1-5-17(20)9-13-23(21)22/h3-4,7-16H,1-2,5-6H2,(H,28,29). The minimum Gasteiger partial charge on any atom is -0.354 e. The van der Waals surface area contributed by atoms with Crippen LogP contribution in [0.3, 0.4) is 0 Å². The molecule has 0 spiro atoms. The molecule has 6 rings (SSSR count). The summed E-state index contributed by atoms with van der Waals surface area (Å²) in [4.78, 5) is 16.0. The van der Waals surface area contributed by atoms with Crippen LogP contribution in [0.1, 0.15) is 24.0 Å². The van der Waals surface area contributed by atoms with Crippen LogP contribution in [0.25, 0.3) is 43.7 Å². The van der Waals surface area contributed by atoms with Crippen molar-refractivity contribution in [3.8, 4) is 11.3 Å². The highest BCUT2D eigenvalue weighted by Gasteiger charge is 2.14. The fraction of sp³-hybridized carbons (Fsp3) is 0.148. The lowest BCUT2D eigenvalue weighted by atomic mass is 9.86. The molecule has 29 heavy (non-hydrogen) atoms. The van der Waals surface area contributed by atoms with E-state index in [2.05, 4.69) is 47.4 Å². The maximum Gasteiger partial charge on any atom is 0.190 e. The van der Waals surface area contributed by atoms with Gasteiger partial charge in [0.25, 0.3) is 0 Å². The highest BCUT2D eigenvalue weighted by atomic mass is 16.1. The summed E-state index contributed by atoms with van der Waals surface area (Å²) in [5, 5.41) is 5.96. The number of nitrogens with one attached hydrogen (secondary N) is 1. The monoisotopic (exact) mass is 375 g/mol. The smallest absolute Gasteiger partial charge is 0.190 e. The minimum atomic E-state index is 0.0552. The number of hydrogen-bond donors (Lipinski definition) is 1. The Labute approximate surface area is 168 Å². The Hall–Kier alpha value is -3.39. The number of H-pyrrole nitrogens is 1. The molecule has 4 aromatic carbocycles. The van der Waals surface area contributed by atoms with Crippen LogP contribution in [0.2, 0.25) is 0 Å². The summed E-state index contributed by atoms with van der Waals surface area (Å²) in [6.45, 7) is 0. The average Bonchev–Trinajstić information content (AvgIpc) is 2.78. The van der Waals surface area contributed by atoms with E-state index in [1.807, 2.05) is 24.3 Å². The molecule has 0 aliphatic heterocycles. The first-order chi connectivity index (χ1) is 14.3. The first-order valence-corrected chi connectivity index (χ1v) is 10.4. The number of aryl methyl sites for hydroxylation is 2. The van der Waals surface area contributed by atoms with E-state index >= 15 is 0 Å². The third kappa shape index (κ3) is 2.60. The van der Waals surface area contributed by atoms with Gasteiger partial charge in [-0.15, -0.1) is 0 Å². The maximum atomic E-state index is 12.5. The van der Waals surface area contributed by atoms with Crippen LogP contribution in [0.4, 0.5) is 0 Å². The molecule has 0 saturated carbocycles. The summed E-state index contributed by atoms with van der Waals surface area (Å²) in [7, 11) is 0. The summed E-state index contributed by atoms with van der Waals surface area (Å²) in [6, 6.07) is 25.0. The second-order valence-corrected chi connectivity index (χ2v) is 8.10. The quantitative estimate of drug-likeness (QED) is 0.339. The van der Waals surface area contributed by atoms with E-state index in [0.717, 1.165) is 22.2 Å². The number of pyridine rings is 1. The van der Waals surface area contributed by atoms with Crippen molar-refractivity contribution in [2.75, 3.05) is 0 Å². The van der Waals surface area contributed by atoms with Crippen molar-refractivity contribution in [1.29, 1.82) is 0 Å². The highest BCUT2D eigenvalue weighted by Crippen LogP contribution is 2.34. The zero-order chi connectivity index (χ0) is 19.4. The van der Waals surface area contributed by atoms with Crippen LogP contribution >= 0.6 is 0 Å². The summed E-state index contributed by atoms with van der Waals surface area (Å²) in [5.74, 6) is 0. The zero-order valence-corrected chi connectivity index (χ0v) is 16.2. The van der Waals surface area contributed by atoms with E-state index in [9.17, 15) is 4.79 Å². The predicted octanol–water partition coefficient (Wildman–Crippen LogP) is 6.38. The largest absolute Gasteiger partial charge is 0.354 e. The Kier molecular flexibility index (Phi) is 3.60. The molecule has 1 aromatic heterocycles. The molecular weight excluding hydrogens is 354 g/mol. The Bertz CT molecular complexity index is 1480. The van der Waals surface area contributed by atoms with Crippen molar-refractivity contribution in [2.24, 2.45) is 0 Å². The lowest BCUT2D eigenvalue weighted by molar-refractivity contribution is 0.690. The third-order valence-electron chi connectivity index (χ3n) is 6.40. The molecule has 0 fully saturated rings. The van der Waals surface area contributed by atoms with Crippen LogP contribution in [0.5, 0.6) is 0 Å². The van der Waals surface area contributed by atoms with Crippen LogP contribution in [0, 0.1) is 0 Å². The number of hydrogen-bond acceptors (Lipinski definition) is 1. The van der Waals surface area contributed by atoms with Crippen molar-refractivity contribution in [3.05, 3.63) is 94.1 Å². The number of fused-ring (bicyclic) bond motifs is 6. The van der Waals surface area contributed by atoms with Crippen molar-refractivity contribution >= 4 is 32.4 Å². The van der Waals surface area contributed by atoms with Crippen molar-refractivity contribution < 1.29 is 0 Å². The molecule has 0 saturated heterocycles. The molecule has 0 atom stereocenters. The van der Waals surface area contributed by atoms with Gasteiger partial charge in [0.05, 0.1) is 0 Å². The van der Waals surface area contributed by atoms with Crippen LogP contribution in [0.15, 0.2) is 77.6 Å². The predicted molar refractivity (Wildman–Crippen MR) is 122 cm³/mol. The van der Waals surface area contributed by atoms with E-state index in [0.29, 0.717) is 0 Å². The molecule has 0 radical (unpaired) electrons. The van der Waals surface area contributed by atoms with Gasteiger partial charge in [0.15, 0.2) is 5.43 Å². The van der Waals surface area contributed by atoms with E-state index < -0.39 is 0 Å². The molecule has 1 heterocycles. The van der Waals surface area contributed by atoms with E-state index in [1.54, 1.807) is 11.6 Å². The zero-order valence-electron chi connectivity index (χ0n) is 16.2. The van der Waals surface area contributed by atoms with Gasteiger partial charge in [0.1, 0.15) is 0 Å². The SMILES string of the molecule is O=c1cc(-c2ccc3c(ccc4c5c(ccc43)CCCC5)c2)[nH]c2ccccc12. The molecule has 1 N–H and O–H groups in total. The molecule has 2 nitrogen and oxygen atoms in total. The van der Waals surface area contributed by atoms with Gasteiger partial charge in [-0.05, 0) is 82.1 Å². The molecule has 5 aromatic rings. The van der Waals surface area contributed by atoms with Gasteiger partial charge in [-0.2, -0.15) is 0 Å². The number of rotatable bonds is 1. The lowest BCUT2D eigenvalue weighted by Gasteiger charge is -2.19. The van der Waals surface area contributed by atoms with Crippen LogP contribution in [-0.2, 0) is 12.8 Å². The fourth-order valence-electron chi connectivity index (χ4n) is 4.92. The van der Waals surface area contributed by atoms with Crippen molar-refractivity contribution in [3.63, 3.8) is 0 Å². The molecule has 0 bridgehead atoms. The van der Waals surface area contributed by atoms with Crippen LogP contribution in [-0.4, -0.2) is 4.98 Å². The number of benzene rings is 4. The summed E-state index contributed by atoms with van der Waals surface area (Å²) >= 11 is 0. The second kappa shape index (κ2) is 6.31. The average molecular weight is 375 g/mol. The number of para-hydroxylation sites is 1.